The smallest absolute Gasteiger partial charge is 0.148 e. The number of hydrogen-bond donors (Lipinski definition) is 0. The highest BCUT2D eigenvalue weighted by molar-refractivity contribution is 7.79. The van der Waals surface area contributed by atoms with E-state index >= 15 is 0 Å². The molecule has 0 amide bonds. The predicted molar refractivity (Wildman–Crippen MR) is 257 cm³/mol. The van der Waals surface area contributed by atoms with Crippen LogP contribution in [0.3, 0.4) is 0 Å². The van der Waals surface area contributed by atoms with E-state index in [2.05, 4.69) is 48.5 Å². The molecule has 0 N–H and O–H groups in total. The van der Waals surface area contributed by atoms with Gasteiger partial charge in [0.15, 0.2) is 0 Å². The maximum Gasteiger partial charge on any atom is 0.148 e. The predicted octanol–water partition coefficient (Wildman–Crippen LogP) is 13.4. The van der Waals surface area contributed by atoms with Crippen molar-refractivity contribution in [2.75, 3.05) is 12.3 Å². The molecule has 0 unspecified atom stereocenters. The molecule has 292 valence electrons. The first-order valence-corrected chi connectivity index (χ1v) is 24.5. The Morgan fingerprint density at radius 2 is 0.467 bits per heavy atom. The van der Waals surface area contributed by atoms with E-state index in [1.54, 1.807) is 0 Å². The zero-order valence-electron chi connectivity index (χ0n) is 32.7. The van der Waals surface area contributed by atoms with E-state index in [0.717, 1.165) is 54.6 Å². The first kappa shape index (κ1) is 39.7. The summed E-state index contributed by atoms with van der Waals surface area (Å²) < 4.78 is 29.0. The largest absolute Gasteiger partial charge is 0.313 e. The SMILES string of the molecule is O=P(CC(Cl)=C1c2ccccc2-c2ccccc21)(c1ccccc1)c1ccccc1.O=P(CC(Cl)=C1c2ccccc2-c2ccccc21)(c1ccccc1)c1ccccc1. The normalized spacial score (nSPS) is 12.4. The Kier molecular flexibility index (Phi) is 11.3. The first-order chi connectivity index (χ1) is 29.4. The Morgan fingerprint density at radius 1 is 0.283 bits per heavy atom. The van der Waals surface area contributed by atoms with Gasteiger partial charge in [-0.2, -0.15) is 0 Å². The van der Waals surface area contributed by atoms with Crippen LogP contribution in [0, 0.1) is 0 Å². The van der Waals surface area contributed by atoms with Gasteiger partial charge in [0.05, 0.1) is 0 Å². The summed E-state index contributed by atoms with van der Waals surface area (Å²) >= 11 is 14.1. The van der Waals surface area contributed by atoms with E-state index in [-0.39, 0.29) is 0 Å². The molecule has 10 rings (SSSR count). The van der Waals surface area contributed by atoms with E-state index in [1.165, 1.54) is 22.3 Å². The Labute approximate surface area is 362 Å². The van der Waals surface area contributed by atoms with Crippen molar-refractivity contribution in [3.05, 3.63) is 251 Å². The Morgan fingerprint density at radius 3 is 0.683 bits per heavy atom. The standard InChI is InChI=1S/2C27H20ClOP/c2*28-26(27-24-17-9-7-15-22(24)23-16-8-10-18-25(23)27)19-30(29,20-11-3-1-4-12-20)21-13-5-2-6-14-21/h2*1-18H,19H2. The van der Waals surface area contributed by atoms with Crippen molar-refractivity contribution < 1.29 is 9.13 Å². The third-order valence-electron chi connectivity index (χ3n) is 11.3. The van der Waals surface area contributed by atoms with Crippen LogP contribution in [-0.4, -0.2) is 12.3 Å². The van der Waals surface area contributed by atoms with Gasteiger partial charge in [-0.25, -0.2) is 0 Å². The van der Waals surface area contributed by atoms with Crippen molar-refractivity contribution >= 4 is 69.9 Å². The fraction of sp³-hybridized carbons (Fsp3) is 0.0370. The molecule has 0 saturated heterocycles. The number of benzene rings is 8. The summed E-state index contributed by atoms with van der Waals surface area (Å²) in [7, 11) is -5.89. The van der Waals surface area contributed by atoms with Gasteiger partial charge in [-0.05, 0) is 44.5 Å². The van der Waals surface area contributed by atoms with Crippen LogP contribution in [0.1, 0.15) is 22.3 Å². The molecule has 2 aliphatic carbocycles. The molecule has 2 aliphatic rings. The number of allylic oxidation sites excluding steroid dienone is 2. The van der Waals surface area contributed by atoms with E-state index in [0.29, 0.717) is 22.4 Å². The molecular formula is C54H40Cl2O2P2. The molecule has 8 aromatic rings. The van der Waals surface area contributed by atoms with Gasteiger partial charge in [-0.1, -0.05) is 242 Å². The lowest BCUT2D eigenvalue weighted by Crippen LogP contribution is -2.19. The molecule has 0 aliphatic heterocycles. The van der Waals surface area contributed by atoms with Gasteiger partial charge in [0, 0.05) is 54.8 Å². The highest BCUT2D eigenvalue weighted by atomic mass is 35.5. The maximum absolute atomic E-state index is 14.5. The van der Waals surface area contributed by atoms with Gasteiger partial charge in [0.25, 0.3) is 0 Å². The molecule has 0 bridgehead atoms. The number of fused-ring (bicyclic) bond motifs is 6. The molecule has 0 spiro atoms. The highest BCUT2D eigenvalue weighted by Gasteiger charge is 2.34. The molecule has 0 fully saturated rings. The van der Waals surface area contributed by atoms with Crippen LogP contribution in [-0.2, 0) is 9.13 Å². The third-order valence-corrected chi connectivity index (χ3v) is 18.4. The van der Waals surface area contributed by atoms with E-state index in [4.69, 9.17) is 23.2 Å². The second kappa shape index (κ2) is 17.1. The molecule has 8 aromatic carbocycles. The van der Waals surface area contributed by atoms with Crippen LogP contribution in [0.4, 0.5) is 0 Å². The average Bonchev–Trinajstić information content (AvgIpc) is 3.84. The molecule has 0 radical (unpaired) electrons. The van der Waals surface area contributed by atoms with Crippen LogP contribution in [0.25, 0.3) is 33.4 Å². The second-order valence-electron chi connectivity index (χ2n) is 14.9. The van der Waals surface area contributed by atoms with Crippen molar-refractivity contribution in [1.82, 2.24) is 0 Å². The molecule has 0 aromatic heterocycles. The van der Waals surface area contributed by atoms with Gasteiger partial charge >= 0.3 is 0 Å². The lowest BCUT2D eigenvalue weighted by molar-refractivity contribution is 0.587. The topological polar surface area (TPSA) is 34.1 Å². The number of halogens is 2. The summed E-state index contributed by atoms with van der Waals surface area (Å²) in [4.78, 5) is 0. The van der Waals surface area contributed by atoms with Gasteiger partial charge in [-0.15, -0.1) is 0 Å². The molecule has 6 heteroatoms. The van der Waals surface area contributed by atoms with E-state index < -0.39 is 14.3 Å². The van der Waals surface area contributed by atoms with E-state index in [9.17, 15) is 9.13 Å². The van der Waals surface area contributed by atoms with Gasteiger partial charge < -0.3 is 9.13 Å². The molecule has 60 heavy (non-hydrogen) atoms. The molecule has 0 atom stereocenters. The summed E-state index contributed by atoms with van der Waals surface area (Å²) in [5, 5.41) is 4.60. The average molecular weight is 854 g/mol. The van der Waals surface area contributed by atoms with Crippen molar-refractivity contribution in [2.45, 2.75) is 0 Å². The zero-order chi connectivity index (χ0) is 41.1. The lowest BCUT2D eigenvalue weighted by atomic mass is 10.0. The van der Waals surface area contributed by atoms with Gasteiger partial charge in [0.2, 0.25) is 0 Å². The second-order valence-corrected chi connectivity index (χ2v) is 21.4. The summed E-state index contributed by atoms with van der Waals surface area (Å²) in [5.41, 5.74) is 11.1. The maximum atomic E-state index is 14.5. The minimum absolute atomic E-state index is 0.292. The number of hydrogen-bond acceptors (Lipinski definition) is 2. The quantitative estimate of drug-likeness (QED) is 0.143. The van der Waals surface area contributed by atoms with Crippen LogP contribution in [0.15, 0.2) is 228 Å². The van der Waals surface area contributed by atoms with Gasteiger partial charge in [0.1, 0.15) is 14.3 Å². The fourth-order valence-corrected chi connectivity index (χ4v) is 15.0. The third kappa shape index (κ3) is 7.40. The molecule has 0 heterocycles. The summed E-state index contributed by atoms with van der Waals surface area (Å²) in [6, 6.07) is 72.0. The molecular weight excluding hydrogens is 813 g/mol. The van der Waals surface area contributed by atoms with Crippen LogP contribution in [0.5, 0.6) is 0 Å². The van der Waals surface area contributed by atoms with Gasteiger partial charge in [-0.3, -0.25) is 0 Å². The zero-order valence-corrected chi connectivity index (χ0v) is 36.0. The van der Waals surface area contributed by atoms with Crippen molar-refractivity contribution in [1.29, 1.82) is 0 Å². The highest BCUT2D eigenvalue weighted by Crippen LogP contribution is 2.53. The van der Waals surface area contributed by atoms with Crippen LogP contribution in [0.2, 0.25) is 0 Å². The Hall–Kier alpha value is -5.72. The lowest BCUT2D eigenvalue weighted by Gasteiger charge is -2.20. The molecule has 0 saturated carbocycles. The minimum Gasteiger partial charge on any atom is -0.313 e. The summed E-state index contributed by atoms with van der Waals surface area (Å²) in [6.07, 6.45) is 0.584. The van der Waals surface area contributed by atoms with Crippen LogP contribution >= 0.6 is 37.5 Å². The van der Waals surface area contributed by atoms with Crippen molar-refractivity contribution in [3.8, 4) is 22.3 Å². The van der Waals surface area contributed by atoms with Crippen molar-refractivity contribution in [3.63, 3.8) is 0 Å². The minimum atomic E-state index is -2.95. The Balaban J connectivity index is 0.000000154. The Bertz CT molecular complexity index is 2610. The molecule has 2 nitrogen and oxygen atoms in total. The van der Waals surface area contributed by atoms with Crippen molar-refractivity contribution in [2.24, 2.45) is 0 Å². The first-order valence-electron chi connectivity index (χ1n) is 19.9. The monoisotopic (exact) mass is 852 g/mol. The van der Waals surface area contributed by atoms with Crippen LogP contribution < -0.4 is 21.2 Å². The number of rotatable bonds is 8. The fourth-order valence-electron chi connectivity index (χ4n) is 8.51. The van der Waals surface area contributed by atoms with E-state index in [1.807, 2.05) is 170 Å². The summed E-state index contributed by atoms with van der Waals surface area (Å²) in [5.74, 6) is 0. The summed E-state index contributed by atoms with van der Waals surface area (Å²) in [6.45, 7) is 0.